The number of fused-ring (bicyclic) bond motifs is 1. The van der Waals surface area contributed by atoms with Gasteiger partial charge in [-0.05, 0) is 23.8 Å². The molecule has 1 aromatic heterocycles. The van der Waals surface area contributed by atoms with Gasteiger partial charge in [0.05, 0.1) is 17.6 Å². The van der Waals surface area contributed by atoms with Gasteiger partial charge in [0.15, 0.2) is 0 Å². The van der Waals surface area contributed by atoms with E-state index in [0.717, 1.165) is 10.9 Å². The first-order valence-electron chi connectivity index (χ1n) is 8.62. The summed E-state index contributed by atoms with van der Waals surface area (Å²) in [7, 11) is 0. The van der Waals surface area contributed by atoms with E-state index in [1.807, 2.05) is 54.6 Å². The summed E-state index contributed by atoms with van der Waals surface area (Å²) in [5.74, 6) is 0. The molecule has 148 valence electrons. The highest BCUT2D eigenvalue weighted by molar-refractivity contribution is 7.80. The van der Waals surface area contributed by atoms with E-state index in [-0.39, 0.29) is 18.0 Å². The maximum absolute atomic E-state index is 12.9. The van der Waals surface area contributed by atoms with Crippen molar-refractivity contribution in [2.24, 2.45) is 0 Å². The first kappa shape index (κ1) is 20.7. The van der Waals surface area contributed by atoms with Gasteiger partial charge in [0.2, 0.25) is 0 Å². The first-order chi connectivity index (χ1) is 13.6. The van der Waals surface area contributed by atoms with Crippen molar-refractivity contribution in [3.8, 4) is 11.3 Å². The molecule has 0 aliphatic carbocycles. The number of nitrogens with zero attached hydrogens (tertiary/aromatic N) is 2. The van der Waals surface area contributed by atoms with Crippen LogP contribution in [0.3, 0.4) is 0 Å². The maximum atomic E-state index is 12.9. The van der Waals surface area contributed by atoms with Crippen molar-refractivity contribution in [1.29, 1.82) is 0 Å². The number of hydrogen-bond acceptors (Lipinski definition) is 4. The molecule has 1 N–H and O–H groups in total. The highest BCUT2D eigenvalue weighted by Gasteiger charge is 2.13. The lowest BCUT2D eigenvalue weighted by Gasteiger charge is -2.13. The zero-order valence-corrected chi connectivity index (χ0v) is 16.8. The van der Waals surface area contributed by atoms with Crippen LogP contribution in [0.1, 0.15) is 5.56 Å². The van der Waals surface area contributed by atoms with Gasteiger partial charge in [0.1, 0.15) is 0 Å². The largest absolute Gasteiger partial charge is 0.755 e. The summed E-state index contributed by atoms with van der Waals surface area (Å²) in [4.78, 5) is 12.9. The summed E-state index contributed by atoms with van der Waals surface area (Å²) < 4.78 is 25.7. The van der Waals surface area contributed by atoms with E-state index in [2.05, 4.69) is 9.82 Å². The Bertz CT molecular complexity index is 1230. The topological polar surface area (TPSA) is 87.1 Å². The Kier molecular flexibility index (Phi) is 6.43. The van der Waals surface area contributed by atoms with Crippen molar-refractivity contribution < 1.29 is 8.76 Å². The molecule has 0 aliphatic heterocycles. The molecule has 0 saturated heterocycles. The summed E-state index contributed by atoms with van der Waals surface area (Å²) >= 11 is -2.42. The smallest absolute Gasteiger partial charge is 0.274 e. The van der Waals surface area contributed by atoms with Crippen LogP contribution < -0.4 is 10.3 Å². The Morgan fingerprint density at radius 2 is 1.62 bits per heavy atom. The number of halogens is 1. The summed E-state index contributed by atoms with van der Waals surface area (Å²) in [6.07, 6.45) is 0. The lowest BCUT2D eigenvalue weighted by molar-refractivity contribution is 0.542. The van der Waals surface area contributed by atoms with Gasteiger partial charge in [0, 0.05) is 27.9 Å². The number of anilines is 1. The molecule has 0 radical (unpaired) electrons. The highest BCUT2D eigenvalue weighted by atomic mass is 35.5. The van der Waals surface area contributed by atoms with E-state index >= 15 is 0 Å². The zero-order valence-electron chi connectivity index (χ0n) is 15.1. The average molecular weight is 427 g/mol. The fourth-order valence-electron chi connectivity index (χ4n) is 3.14. The third-order valence-corrected chi connectivity index (χ3v) is 4.78. The van der Waals surface area contributed by atoms with Gasteiger partial charge in [-0.2, -0.15) is 5.10 Å². The van der Waals surface area contributed by atoms with Gasteiger partial charge in [0.25, 0.3) is 5.56 Å². The number of hydrogen-bond donors (Lipinski definition) is 1. The zero-order chi connectivity index (χ0) is 19.5. The third-order valence-electron chi connectivity index (χ3n) is 4.38. The first-order valence-corrected chi connectivity index (χ1v) is 9.69. The van der Waals surface area contributed by atoms with E-state index in [1.165, 1.54) is 4.68 Å². The lowest BCUT2D eigenvalue weighted by atomic mass is 10.0. The molecule has 1 heterocycles. The van der Waals surface area contributed by atoms with E-state index < -0.39 is 11.3 Å². The average Bonchev–Trinajstić information content (AvgIpc) is 2.71. The van der Waals surface area contributed by atoms with Crippen molar-refractivity contribution in [3.05, 3.63) is 94.8 Å². The number of rotatable bonds is 5. The minimum Gasteiger partial charge on any atom is -0.755 e. The van der Waals surface area contributed by atoms with Crippen molar-refractivity contribution in [1.82, 2.24) is 9.78 Å². The van der Waals surface area contributed by atoms with Crippen LogP contribution in [0.4, 0.5) is 5.69 Å². The monoisotopic (exact) mass is 426 g/mol. The molecule has 0 aliphatic rings. The summed E-state index contributed by atoms with van der Waals surface area (Å²) in [5, 5.41) is 5.89. The Morgan fingerprint density at radius 3 is 2.34 bits per heavy atom. The van der Waals surface area contributed by atoms with Crippen LogP contribution in [0.5, 0.6) is 0 Å². The number of nitrogens with one attached hydrogen (secondary N) is 1. The van der Waals surface area contributed by atoms with E-state index in [1.54, 1.807) is 24.3 Å². The van der Waals surface area contributed by atoms with E-state index in [9.17, 15) is 13.6 Å². The predicted octanol–water partition coefficient (Wildman–Crippen LogP) is 3.74. The summed E-state index contributed by atoms with van der Waals surface area (Å²) in [6.45, 7) is 0.347. The fourth-order valence-corrected chi connectivity index (χ4v) is 3.46. The maximum Gasteiger partial charge on any atom is 0.274 e. The van der Waals surface area contributed by atoms with Gasteiger partial charge in [-0.3, -0.25) is 9.00 Å². The Labute approximate surface area is 176 Å². The second-order valence-corrected chi connectivity index (χ2v) is 6.93. The molecule has 6 nitrogen and oxygen atoms in total. The van der Waals surface area contributed by atoms with Gasteiger partial charge in [-0.1, -0.05) is 60.7 Å². The minimum absolute atomic E-state index is 0. The molecule has 0 bridgehead atoms. The van der Waals surface area contributed by atoms with Crippen molar-refractivity contribution in [2.75, 3.05) is 4.72 Å². The van der Waals surface area contributed by atoms with Gasteiger partial charge < -0.3 is 9.27 Å². The minimum atomic E-state index is -2.42. The molecule has 0 saturated carbocycles. The molecule has 0 amide bonds. The van der Waals surface area contributed by atoms with E-state index in [0.29, 0.717) is 28.9 Å². The molecule has 29 heavy (non-hydrogen) atoms. The van der Waals surface area contributed by atoms with Crippen molar-refractivity contribution in [3.63, 3.8) is 0 Å². The van der Waals surface area contributed by atoms with Crippen molar-refractivity contribution >= 4 is 40.1 Å². The van der Waals surface area contributed by atoms with E-state index in [4.69, 9.17) is 0 Å². The van der Waals surface area contributed by atoms with Crippen LogP contribution in [0.15, 0.2) is 83.7 Å². The number of aromatic nitrogens is 2. The van der Waals surface area contributed by atoms with Gasteiger partial charge in [-0.15, -0.1) is 12.4 Å². The molecule has 3 aromatic carbocycles. The number of benzene rings is 3. The second kappa shape index (κ2) is 9.00. The molecule has 1 atom stereocenters. The van der Waals surface area contributed by atoms with Crippen LogP contribution in [-0.4, -0.2) is 18.5 Å². The second-order valence-electron chi connectivity index (χ2n) is 6.26. The van der Waals surface area contributed by atoms with Gasteiger partial charge in [-0.25, -0.2) is 4.68 Å². The van der Waals surface area contributed by atoms with Gasteiger partial charge >= 0.3 is 0 Å². The quantitative estimate of drug-likeness (QED) is 0.492. The molecule has 0 spiro atoms. The molecule has 4 aromatic rings. The van der Waals surface area contributed by atoms with Crippen LogP contribution in [0.25, 0.3) is 22.0 Å². The third kappa shape index (κ3) is 4.54. The SMILES string of the molecule is Cl.O=c1c2ccccc2c(-c2cccc(NS(=O)[O-])c2)nn1Cc1ccccc1. The molecule has 8 heteroatoms. The van der Waals surface area contributed by atoms with Crippen LogP contribution >= 0.6 is 12.4 Å². The van der Waals surface area contributed by atoms with Crippen molar-refractivity contribution in [2.45, 2.75) is 6.54 Å². The fraction of sp³-hybridized carbons (Fsp3) is 0.0476. The standard InChI is InChI=1S/C21H17N3O3S.ClH/c25-21-19-12-5-4-11-18(19)20(16-9-6-10-17(13-16)23-28(26)27)22-24(21)14-15-7-2-1-3-8-15;/h1-13,23H,14H2,(H,26,27);1H/p-1. The Morgan fingerprint density at radius 1 is 0.931 bits per heavy atom. The molecule has 4 rings (SSSR count). The summed E-state index contributed by atoms with van der Waals surface area (Å²) in [5.41, 5.74) is 2.56. The Hall–Kier alpha value is -3.00. The van der Waals surface area contributed by atoms with Crippen LogP contribution in [0.2, 0.25) is 0 Å². The highest BCUT2D eigenvalue weighted by Crippen LogP contribution is 2.27. The molecule has 0 fully saturated rings. The normalized spacial score (nSPS) is 11.6. The van der Waals surface area contributed by atoms with Crippen LogP contribution in [-0.2, 0) is 17.8 Å². The predicted molar refractivity (Wildman–Crippen MR) is 117 cm³/mol. The lowest BCUT2D eigenvalue weighted by Crippen LogP contribution is -2.24. The molecule has 1 unspecified atom stereocenters. The Balaban J connectivity index is 0.00000240. The molecular weight excluding hydrogens is 410 g/mol. The summed E-state index contributed by atoms with van der Waals surface area (Å²) in [6, 6.07) is 23.9. The van der Waals surface area contributed by atoms with Crippen LogP contribution in [0, 0.1) is 0 Å². The molecular formula is C21H17ClN3O3S-.